The summed E-state index contributed by atoms with van der Waals surface area (Å²) in [6.45, 7) is 6.84. The van der Waals surface area contributed by atoms with E-state index in [0.29, 0.717) is 6.42 Å². The number of amides is 1. The number of carbonyl (C=O) groups is 1. The molecule has 0 spiro atoms. The molecule has 0 aliphatic rings. The topological polar surface area (TPSA) is 46.3 Å². The summed E-state index contributed by atoms with van der Waals surface area (Å²) in [6.07, 6.45) is 2.39. The maximum Gasteiger partial charge on any atom is 0.223 e. The van der Waals surface area contributed by atoms with Crippen molar-refractivity contribution >= 4 is 17.2 Å². The van der Waals surface area contributed by atoms with Crippen molar-refractivity contribution in [1.82, 2.24) is 4.90 Å². The normalized spacial score (nSPS) is 12.7. The van der Waals surface area contributed by atoms with Gasteiger partial charge in [-0.15, -0.1) is 11.3 Å². The van der Waals surface area contributed by atoms with Crippen LogP contribution in [0.5, 0.6) is 0 Å². The summed E-state index contributed by atoms with van der Waals surface area (Å²) in [4.78, 5) is 15.4. The van der Waals surface area contributed by atoms with Crippen LogP contribution in [0.25, 0.3) is 0 Å². The molecule has 18 heavy (non-hydrogen) atoms. The number of nitrogens with zero attached hydrogens (tertiary/aromatic N) is 1. The molecule has 0 aliphatic heterocycles. The minimum atomic E-state index is 0.183. The number of thiophene rings is 1. The summed E-state index contributed by atoms with van der Waals surface area (Å²) in [5.41, 5.74) is 5.70. The Kier molecular flexibility index (Phi) is 6.36. The van der Waals surface area contributed by atoms with E-state index in [4.69, 9.17) is 5.73 Å². The predicted octanol–water partition coefficient (Wildman–Crippen LogP) is 3.00. The Labute approximate surface area is 114 Å². The van der Waals surface area contributed by atoms with Crippen LogP contribution in [0, 0.1) is 0 Å². The molecule has 1 rings (SSSR count). The Morgan fingerprint density at radius 3 is 2.67 bits per heavy atom. The van der Waals surface area contributed by atoms with Crippen LogP contribution >= 0.6 is 11.3 Å². The zero-order valence-electron chi connectivity index (χ0n) is 11.6. The second kappa shape index (κ2) is 7.54. The number of nitrogens with two attached hydrogens (primary N) is 1. The highest BCUT2D eigenvalue weighted by Crippen LogP contribution is 2.15. The maximum absolute atomic E-state index is 12.2. The first-order chi connectivity index (χ1) is 8.50. The molecule has 0 radical (unpaired) electrons. The lowest BCUT2D eigenvalue weighted by Crippen LogP contribution is -2.36. The van der Waals surface area contributed by atoms with Gasteiger partial charge in [0.15, 0.2) is 0 Å². The third kappa shape index (κ3) is 5.19. The minimum Gasteiger partial charge on any atom is -0.335 e. The van der Waals surface area contributed by atoms with Crippen LogP contribution in [-0.4, -0.2) is 22.9 Å². The van der Waals surface area contributed by atoms with E-state index in [2.05, 4.69) is 25.3 Å². The van der Waals surface area contributed by atoms with Crippen LogP contribution in [-0.2, 0) is 11.3 Å². The number of hydrogen-bond acceptors (Lipinski definition) is 3. The Morgan fingerprint density at radius 2 is 2.17 bits per heavy atom. The second-order valence-electron chi connectivity index (χ2n) is 5.06. The fraction of sp³-hybridized carbons (Fsp3) is 0.643. The molecule has 0 bridgehead atoms. The standard InChI is InChI=1S/C14H24N2OS/c1-11(2)16(10-13-7-5-9-18-13)14(17)8-4-6-12(3)15/h5,7,9,11-12H,4,6,8,10,15H2,1-3H3. The van der Waals surface area contributed by atoms with Gasteiger partial charge in [0.25, 0.3) is 0 Å². The van der Waals surface area contributed by atoms with Gasteiger partial charge in [0.05, 0.1) is 6.54 Å². The molecule has 4 heteroatoms. The highest BCUT2D eigenvalue weighted by Gasteiger charge is 2.17. The Bertz CT molecular complexity index is 347. The van der Waals surface area contributed by atoms with Gasteiger partial charge in [0.1, 0.15) is 0 Å². The largest absolute Gasteiger partial charge is 0.335 e. The average molecular weight is 268 g/mol. The van der Waals surface area contributed by atoms with Crippen LogP contribution < -0.4 is 5.73 Å². The number of rotatable bonds is 7. The van der Waals surface area contributed by atoms with Gasteiger partial charge in [-0.1, -0.05) is 6.07 Å². The molecular formula is C14H24N2OS. The van der Waals surface area contributed by atoms with E-state index < -0.39 is 0 Å². The fourth-order valence-corrected chi connectivity index (χ4v) is 2.55. The molecule has 0 fully saturated rings. The van der Waals surface area contributed by atoms with E-state index in [1.165, 1.54) is 4.88 Å². The maximum atomic E-state index is 12.2. The lowest BCUT2D eigenvalue weighted by molar-refractivity contribution is -0.133. The summed E-state index contributed by atoms with van der Waals surface area (Å²) < 4.78 is 0. The molecule has 102 valence electrons. The van der Waals surface area contributed by atoms with E-state index in [1.54, 1.807) is 11.3 Å². The smallest absolute Gasteiger partial charge is 0.223 e. The molecule has 0 aromatic carbocycles. The first kappa shape index (κ1) is 15.2. The number of hydrogen-bond donors (Lipinski definition) is 1. The van der Waals surface area contributed by atoms with E-state index in [9.17, 15) is 4.79 Å². The summed E-state index contributed by atoms with van der Waals surface area (Å²) in [7, 11) is 0. The molecule has 1 atom stereocenters. The van der Waals surface area contributed by atoms with Crippen LogP contribution in [0.4, 0.5) is 0 Å². The molecule has 2 N–H and O–H groups in total. The third-order valence-corrected chi connectivity index (χ3v) is 3.76. The zero-order valence-corrected chi connectivity index (χ0v) is 12.4. The van der Waals surface area contributed by atoms with Crippen molar-refractivity contribution in [1.29, 1.82) is 0 Å². The monoisotopic (exact) mass is 268 g/mol. The molecule has 1 heterocycles. The molecule has 0 saturated heterocycles. The molecule has 1 amide bonds. The molecular weight excluding hydrogens is 244 g/mol. The predicted molar refractivity (Wildman–Crippen MR) is 77.5 cm³/mol. The quantitative estimate of drug-likeness (QED) is 0.826. The van der Waals surface area contributed by atoms with E-state index in [-0.39, 0.29) is 18.0 Å². The van der Waals surface area contributed by atoms with Crippen molar-refractivity contribution in [2.75, 3.05) is 0 Å². The Balaban J connectivity index is 2.48. The molecule has 3 nitrogen and oxygen atoms in total. The molecule has 1 aromatic rings. The number of carbonyl (C=O) groups excluding carboxylic acids is 1. The van der Waals surface area contributed by atoms with E-state index in [1.807, 2.05) is 17.9 Å². The van der Waals surface area contributed by atoms with Gasteiger partial charge >= 0.3 is 0 Å². The van der Waals surface area contributed by atoms with Crippen LogP contribution in [0.1, 0.15) is 44.9 Å². The summed E-state index contributed by atoms with van der Waals surface area (Å²) in [6, 6.07) is 4.53. The van der Waals surface area contributed by atoms with E-state index >= 15 is 0 Å². The summed E-state index contributed by atoms with van der Waals surface area (Å²) >= 11 is 1.70. The van der Waals surface area contributed by atoms with Crippen molar-refractivity contribution in [2.45, 2.75) is 58.7 Å². The summed E-state index contributed by atoms with van der Waals surface area (Å²) in [5, 5.41) is 2.05. The molecule has 0 saturated carbocycles. The third-order valence-electron chi connectivity index (χ3n) is 2.90. The van der Waals surface area contributed by atoms with Gasteiger partial charge in [0.2, 0.25) is 5.91 Å². The first-order valence-electron chi connectivity index (χ1n) is 6.58. The van der Waals surface area contributed by atoms with Crippen molar-refractivity contribution in [2.24, 2.45) is 5.73 Å². The summed E-state index contributed by atoms with van der Waals surface area (Å²) in [5.74, 6) is 0.235. The van der Waals surface area contributed by atoms with Crippen LogP contribution in [0.3, 0.4) is 0 Å². The van der Waals surface area contributed by atoms with Crippen molar-refractivity contribution in [3.63, 3.8) is 0 Å². The van der Waals surface area contributed by atoms with Crippen molar-refractivity contribution < 1.29 is 4.79 Å². The highest BCUT2D eigenvalue weighted by molar-refractivity contribution is 7.09. The molecule has 1 aromatic heterocycles. The van der Waals surface area contributed by atoms with E-state index in [0.717, 1.165) is 19.4 Å². The van der Waals surface area contributed by atoms with Crippen LogP contribution in [0.15, 0.2) is 17.5 Å². The Hall–Kier alpha value is -0.870. The van der Waals surface area contributed by atoms with Gasteiger partial charge in [-0.05, 0) is 45.1 Å². The second-order valence-corrected chi connectivity index (χ2v) is 6.10. The van der Waals surface area contributed by atoms with Gasteiger partial charge in [0, 0.05) is 23.4 Å². The van der Waals surface area contributed by atoms with Gasteiger partial charge in [-0.25, -0.2) is 0 Å². The lowest BCUT2D eigenvalue weighted by Gasteiger charge is -2.26. The minimum absolute atomic E-state index is 0.183. The Morgan fingerprint density at radius 1 is 1.44 bits per heavy atom. The molecule has 1 unspecified atom stereocenters. The zero-order chi connectivity index (χ0) is 13.5. The average Bonchev–Trinajstić information content (AvgIpc) is 2.77. The van der Waals surface area contributed by atoms with Gasteiger partial charge in [-0.3, -0.25) is 4.79 Å². The lowest BCUT2D eigenvalue weighted by atomic mass is 10.1. The van der Waals surface area contributed by atoms with Gasteiger partial charge in [-0.2, -0.15) is 0 Å². The SMILES string of the molecule is CC(N)CCCC(=O)N(Cc1cccs1)C(C)C. The highest BCUT2D eigenvalue weighted by atomic mass is 32.1. The van der Waals surface area contributed by atoms with Crippen LogP contribution in [0.2, 0.25) is 0 Å². The van der Waals surface area contributed by atoms with Crippen molar-refractivity contribution in [3.05, 3.63) is 22.4 Å². The van der Waals surface area contributed by atoms with Gasteiger partial charge < -0.3 is 10.6 Å². The first-order valence-corrected chi connectivity index (χ1v) is 7.46. The van der Waals surface area contributed by atoms with Crippen molar-refractivity contribution in [3.8, 4) is 0 Å². The fourth-order valence-electron chi connectivity index (χ4n) is 1.85. The molecule has 0 aliphatic carbocycles.